The van der Waals surface area contributed by atoms with Gasteiger partial charge in [0.15, 0.2) is 0 Å². The summed E-state index contributed by atoms with van der Waals surface area (Å²) in [6.07, 6.45) is 6.52. The van der Waals surface area contributed by atoms with Crippen LogP contribution in [0.4, 0.5) is 0 Å². The molecule has 0 aliphatic rings. The van der Waals surface area contributed by atoms with E-state index < -0.39 is 0 Å². The standard InChI is InChI=1S/C17H25NO2/c1-3-4-5-6-8-15(2)19-11-12-20-17-10-7-9-16(13-17)14-18/h7,9-10,13,15H,3-6,8,11-12H2,1-2H3. The maximum absolute atomic E-state index is 8.80. The van der Waals surface area contributed by atoms with E-state index in [4.69, 9.17) is 14.7 Å². The van der Waals surface area contributed by atoms with E-state index >= 15 is 0 Å². The van der Waals surface area contributed by atoms with Crippen LogP contribution in [0.1, 0.15) is 51.5 Å². The van der Waals surface area contributed by atoms with Crippen LogP contribution in [0.25, 0.3) is 0 Å². The molecule has 110 valence electrons. The van der Waals surface area contributed by atoms with Crippen molar-refractivity contribution >= 4 is 0 Å². The Morgan fingerprint density at radius 3 is 2.80 bits per heavy atom. The van der Waals surface area contributed by atoms with Crippen LogP contribution in [-0.4, -0.2) is 19.3 Å². The first-order valence-corrected chi connectivity index (χ1v) is 7.50. The number of hydrogen-bond donors (Lipinski definition) is 0. The first kappa shape index (κ1) is 16.5. The zero-order chi connectivity index (χ0) is 14.6. The predicted molar refractivity (Wildman–Crippen MR) is 80.8 cm³/mol. The molecule has 0 saturated heterocycles. The van der Waals surface area contributed by atoms with E-state index in [0.29, 0.717) is 24.9 Å². The Morgan fingerprint density at radius 1 is 1.20 bits per heavy atom. The van der Waals surface area contributed by atoms with Crippen LogP contribution in [0, 0.1) is 11.3 Å². The summed E-state index contributed by atoms with van der Waals surface area (Å²) in [5, 5.41) is 8.80. The van der Waals surface area contributed by atoms with Crippen molar-refractivity contribution in [1.29, 1.82) is 5.26 Å². The van der Waals surface area contributed by atoms with E-state index in [1.54, 1.807) is 12.1 Å². The monoisotopic (exact) mass is 275 g/mol. The van der Waals surface area contributed by atoms with Crippen LogP contribution in [-0.2, 0) is 4.74 Å². The number of benzene rings is 1. The van der Waals surface area contributed by atoms with Crippen molar-refractivity contribution in [2.24, 2.45) is 0 Å². The smallest absolute Gasteiger partial charge is 0.120 e. The molecule has 0 aromatic heterocycles. The number of nitrogens with zero attached hydrogens (tertiary/aromatic N) is 1. The van der Waals surface area contributed by atoms with Gasteiger partial charge >= 0.3 is 0 Å². The van der Waals surface area contributed by atoms with Crippen LogP contribution in [0.5, 0.6) is 5.75 Å². The summed E-state index contributed by atoms with van der Waals surface area (Å²) < 4.78 is 11.3. The SMILES string of the molecule is CCCCCCC(C)OCCOc1cccc(C#N)c1. The zero-order valence-corrected chi connectivity index (χ0v) is 12.6. The molecule has 0 heterocycles. The molecule has 0 radical (unpaired) electrons. The van der Waals surface area contributed by atoms with Crippen LogP contribution < -0.4 is 4.74 Å². The van der Waals surface area contributed by atoms with Crippen LogP contribution in [0.15, 0.2) is 24.3 Å². The van der Waals surface area contributed by atoms with Crippen molar-refractivity contribution in [3.05, 3.63) is 29.8 Å². The Balaban J connectivity index is 2.10. The lowest BCUT2D eigenvalue weighted by atomic mass is 10.1. The van der Waals surface area contributed by atoms with Crippen molar-refractivity contribution in [1.82, 2.24) is 0 Å². The van der Waals surface area contributed by atoms with Crippen molar-refractivity contribution < 1.29 is 9.47 Å². The minimum atomic E-state index is 0.292. The first-order chi connectivity index (χ1) is 9.76. The Morgan fingerprint density at radius 2 is 2.05 bits per heavy atom. The molecule has 1 atom stereocenters. The van der Waals surface area contributed by atoms with Crippen molar-refractivity contribution in [3.63, 3.8) is 0 Å². The molecule has 0 amide bonds. The highest BCUT2D eigenvalue weighted by atomic mass is 16.5. The summed E-state index contributed by atoms with van der Waals surface area (Å²) >= 11 is 0. The van der Waals surface area contributed by atoms with Gasteiger partial charge in [0.05, 0.1) is 24.3 Å². The van der Waals surface area contributed by atoms with Crippen LogP contribution in [0.3, 0.4) is 0 Å². The molecule has 20 heavy (non-hydrogen) atoms. The van der Waals surface area contributed by atoms with Gasteiger partial charge in [0.2, 0.25) is 0 Å². The molecule has 0 N–H and O–H groups in total. The van der Waals surface area contributed by atoms with Gasteiger partial charge in [-0.3, -0.25) is 0 Å². The van der Waals surface area contributed by atoms with Crippen molar-refractivity contribution in [3.8, 4) is 11.8 Å². The second-order valence-corrected chi connectivity index (χ2v) is 5.02. The molecule has 1 unspecified atom stereocenters. The van der Waals surface area contributed by atoms with Gasteiger partial charge in [-0.05, 0) is 31.5 Å². The molecule has 0 aliphatic heterocycles. The molecular formula is C17H25NO2. The van der Waals surface area contributed by atoms with Crippen molar-refractivity contribution in [2.45, 2.75) is 52.1 Å². The number of nitriles is 1. The summed E-state index contributed by atoms with van der Waals surface area (Å²) in [7, 11) is 0. The highest BCUT2D eigenvalue weighted by Crippen LogP contribution is 2.12. The summed E-state index contributed by atoms with van der Waals surface area (Å²) in [4.78, 5) is 0. The van der Waals surface area contributed by atoms with Gasteiger partial charge in [-0.2, -0.15) is 5.26 Å². The lowest BCUT2D eigenvalue weighted by Crippen LogP contribution is -2.14. The molecule has 0 fully saturated rings. The predicted octanol–water partition coefficient (Wildman–Crippen LogP) is 4.31. The average Bonchev–Trinajstić information content (AvgIpc) is 2.48. The molecule has 1 aromatic rings. The van der Waals surface area contributed by atoms with E-state index in [1.807, 2.05) is 12.1 Å². The van der Waals surface area contributed by atoms with Crippen molar-refractivity contribution in [2.75, 3.05) is 13.2 Å². The van der Waals surface area contributed by atoms with E-state index in [0.717, 1.165) is 12.2 Å². The topological polar surface area (TPSA) is 42.2 Å². The third-order valence-corrected chi connectivity index (χ3v) is 3.18. The van der Waals surface area contributed by atoms with Gasteiger partial charge in [-0.1, -0.05) is 38.7 Å². The largest absolute Gasteiger partial charge is 0.491 e. The Labute approximate surface area is 122 Å². The highest BCUT2D eigenvalue weighted by molar-refractivity contribution is 5.36. The fourth-order valence-corrected chi connectivity index (χ4v) is 2.01. The number of rotatable bonds is 10. The third-order valence-electron chi connectivity index (χ3n) is 3.18. The highest BCUT2D eigenvalue weighted by Gasteiger charge is 2.02. The van der Waals surface area contributed by atoms with E-state index in [1.165, 1.54) is 25.7 Å². The quantitative estimate of drug-likeness (QED) is 0.597. The van der Waals surface area contributed by atoms with E-state index in [-0.39, 0.29) is 0 Å². The average molecular weight is 275 g/mol. The zero-order valence-electron chi connectivity index (χ0n) is 12.6. The summed E-state index contributed by atoms with van der Waals surface area (Å²) in [6.45, 7) is 5.45. The molecular weight excluding hydrogens is 250 g/mol. The normalized spacial score (nSPS) is 11.8. The first-order valence-electron chi connectivity index (χ1n) is 7.50. The number of hydrogen-bond acceptors (Lipinski definition) is 3. The Kier molecular flexibility index (Phi) is 8.49. The fourth-order valence-electron chi connectivity index (χ4n) is 2.01. The molecule has 3 heteroatoms. The van der Waals surface area contributed by atoms with Crippen LogP contribution >= 0.6 is 0 Å². The van der Waals surface area contributed by atoms with Gasteiger partial charge in [-0.25, -0.2) is 0 Å². The molecule has 0 saturated carbocycles. The second-order valence-electron chi connectivity index (χ2n) is 5.02. The van der Waals surface area contributed by atoms with Gasteiger partial charge < -0.3 is 9.47 Å². The van der Waals surface area contributed by atoms with Gasteiger partial charge in [0.25, 0.3) is 0 Å². The molecule has 0 spiro atoms. The Bertz CT molecular complexity index is 412. The second kappa shape index (κ2) is 10.3. The summed E-state index contributed by atoms with van der Waals surface area (Å²) in [5.41, 5.74) is 0.618. The van der Waals surface area contributed by atoms with Gasteiger partial charge in [0, 0.05) is 0 Å². The van der Waals surface area contributed by atoms with E-state index in [9.17, 15) is 0 Å². The molecule has 1 rings (SSSR count). The Hall–Kier alpha value is -1.53. The third kappa shape index (κ3) is 7.16. The maximum atomic E-state index is 8.80. The van der Waals surface area contributed by atoms with Gasteiger partial charge in [-0.15, -0.1) is 0 Å². The summed E-state index contributed by atoms with van der Waals surface area (Å²) in [5.74, 6) is 0.725. The minimum absolute atomic E-state index is 0.292. The molecule has 0 aliphatic carbocycles. The lowest BCUT2D eigenvalue weighted by Gasteiger charge is -2.13. The van der Waals surface area contributed by atoms with Crippen LogP contribution in [0.2, 0.25) is 0 Å². The number of ether oxygens (including phenoxy) is 2. The molecule has 3 nitrogen and oxygen atoms in total. The lowest BCUT2D eigenvalue weighted by molar-refractivity contribution is 0.0384. The van der Waals surface area contributed by atoms with E-state index in [2.05, 4.69) is 19.9 Å². The fraction of sp³-hybridized carbons (Fsp3) is 0.588. The summed E-state index contributed by atoms with van der Waals surface area (Å²) in [6, 6.07) is 9.29. The minimum Gasteiger partial charge on any atom is -0.491 e. The molecule has 0 bridgehead atoms. The molecule has 1 aromatic carbocycles. The number of unbranched alkanes of at least 4 members (excludes halogenated alkanes) is 3. The maximum Gasteiger partial charge on any atom is 0.120 e. The van der Waals surface area contributed by atoms with Gasteiger partial charge in [0.1, 0.15) is 12.4 Å².